The van der Waals surface area contributed by atoms with Gasteiger partial charge >= 0.3 is 12.0 Å². The van der Waals surface area contributed by atoms with Crippen LogP contribution in [0.3, 0.4) is 0 Å². The number of aryl methyl sites for hydroxylation is 1. The minimum atomic E-state index is -1.37. The summed E-state index contributed by atoms with van der Waals surface area (Å²) in [4.78, 5) is 23.3. The maximum atomic E-state index is 11.7. The van der Waals surface area contributed by atoms with Crippen molar-refractivity contribution in [3.8, 4) is 12.3 Å². The number of amides is 2. The summed E-state index contributed by atoms with van der Waals surface area (Å²) < 4.78 is 0. The molecule has 0 spiro atoms. The maximum Gasteiger partial charge on any atom is 0.334 e. The van der Waals surface area contributed by atoms with Crippen molar-refractivity contribution in [2.24, 2.45) is 0 Å². The number of carboxylic acid groups (broad SMARTS) is 1. The molecule has 98 valence electrons. The molecule has 3 N–H and O–H groups in total. The Morgan fingerprint density at radius 2 is 2.16 bits per heavy atom. The quantitative estimate of drug-likeness (QED) is 0.703. The number of rotatable bonds is 3. The van der Waals surface area contributed by atoms with E-state index in [9.17, 15) is 14.7 Å². The highest BCUT2D eigenvalue weighted by molar-refractivity contribution is 5.88. The topological polar surface area (TPSA) is 78.4 Å². The van der Waals surface area contributed by atoms with Crippen molar-refractivity contribution >= 4 is 12.0 Å². The van der Waals surface area contributed by atoms with Crippen molar-refractivity contribution in [1.29, 1.82) is 0 Å². The van der Waals surface area contributed by atoms with E-state index < -0.39 is 17.5 Å². The summed E-state index contributed by atoms with van der Waals surface area (Å²) in [5.74, 6) is 1.20. The number of benzene rings is 1. The summed E-state index contributed by atoms with van der Waals surface area (Å²) in [6.45, 7) is 0.0587. The molecular formula is C14H14N2O3. The third kappa shape index (κ3) is 2.25. The molecule has 0 fully saturated rings. The molecule has 0 heterocycles. The number of carboxylic acids is 1. The Bertz CT molecular complexity index is 562. The molecule has 1 atom stereocenters. The molecular weight excluding hydrogens is 244 g/mol. The Morgan fingerprint density at radius 3 is 2.84 bits per heavy atom. The van der Waals surface area contributed by atoms with Gasteiger partial charge in [-0.15, -0.1) is 6.42 Å². The molecule has 0 aromatic heterocycles. The van der Waals surface area contributed by atoms with Crippen molar-refractivity contribution in [3.63, 3.8) is 0 Å². The van der Waals surface area contributed by atoms with E-state index in [1.165, 1.54) is 0 Å². The number of hydrogen-bond donors (Lipinski definition) is 3. The van der Waals surface area contributed by atoms with Crippen LogP contribution in [0.5, 0.6) is 0 Å². The second-order valence-corrected chi connectivity index (χ2v) is 4.38. The molecule has 0 saturated heterocycles. The van der Waals surface area contributed by atoms with Gasteiger partial charge in [0.15, 0.2) is 5.54 Å². The molecule has 1 aliphatic rings. The number of urea groups is 1. The van der Waals surface area contributed by atoms with E-state index in [0.29, 0.717) is 18.4 Å². The summed E-state index contributed by atoms with van der Waals surface area (Å²) in [7, 11) is 0. The molecule has 19 heavy (non-hydrogen) atoms. The highest BCUT2D eigenvalue weighted by atomic mass is 16.4. The van der Waals surface area contributed by atoms with Gasteiger partial charge in [0.25, 0.3) is 0 Å². The second kappa shape index (κ2) is 5.02. The largest absolute Gasteiger partial charge is 0.479 e. The van der Waals surface area contributed by atoms with Crippen LogP contribution >= 0.6 is 0 Å². The smallest absolute Gasteiger partial charge is 0.334 e. The highest BCUT2D eigenvalue weighted by Crippen LogP contribution is 2.37. The lowest BCUT2D eigenvalue weighted by Crippen LogP contribution is -2.53. The molecule has 1 aromatic carbocycles. The zero-order valence-electron chi connectivity index (χ0n) is 10.3. The van der Waals surface area contributed by atoms with Crippen LogP contribution in [0.25, 0.3) is 0 Å². The van der Waals surface area contributed by atoms with E-state index in [-0.39, 0.29) is 6.54 Å². The molecule has 0 radical (unpaired) electrons. The van der Waals surface area contributed by atoms with Gasteiger partial charge in [-0.3, -0.25) is 0 Å². The number of carbonyl (C=O) groups excluding carboxylic acids is 1. The summed E-state index contributed by atoms with van der Waals surface area (Å²) >= 11 is 0. The number of carbonyl (C=O) groups is 2. The van der Waals surface area contributed by atoms with Crippen molar-refractivity contribution in [2.75, 3.05) is 6.54 Å². The Kier molecular flexibility index (Phi) is 3.43. The second-order valence-electron chi connectivity index (χ2n) is 4.38. The summed E-state index contributed by atoms with van der Waals surface area (Å²) in [5, 5.41) is 14.5. The summed E-state index contributed by atoms with van der Waals surface area (Å²) in [6, 6.07) is 6.66. The fourth-order valence-electron chi connectivity index (χ4n) is 2.39. The lowest BCUT2D eigenvalue weighted by atomic mass is 9.92. The standard InChI is InChI=1S/C14H14N2O3/c1-2-9-15-13(19)16-14(12(17)18)8-7-10-5-3-4-6-11(10)14/h1,3-6H,7-9H2,(H,17,18)(H2,15,16,19)/t14-/m1/s1. The van der Waals surface area contributed by atoms with Crippen LogP contribution in [0.15, 0.2) is 24.3 Å². The predicted octanol–water partition coefficient (Wildman–Crippen LogP) is 0.845. The van der Waals surface area contributed by atoms with Gasteiger partial charge in [0.1, 0.15) is 0 Å². The van der Waals surface area contributed by atoms with E-state index in [0.717, 1.165) is 5.56 Å². The van der Waals surface area contributed by atoms with Crippen molar-refractivity contribution in [1.82, 2.24) is 10.6 Å². The van der Waals surface area contributed by atoms with Crippen LogP contribution < -0.4 is 10.6 Å². The van der Waals surface area contributed by atoms with Crippen molar-refractivity contribution in [2.45, 2.75) is 18.4 Å². The van der Waals surface area contributed by atoms with Crippen LogP contribution in [0.1, 0.15) is 17.5 Å². The number of aliphatic carboxylic acids is 1. The number of fused-ring (bicyclic) bond motifs is 1. The Balaban J connectivity index is 2.29. The first-order valence-electron chi connectivity index (χ1n) is 5.91. The minimum Gasteiger partial charge on any atom is -0.479 e. The molecule has 1 aromatic rings. The first-order valence-corrected chi connectivity index (χ1v) is 5.91. The van der Waals surface area contributed by atoms with Crippen molar-refractivity contribution < 1.29 is 14.7 Å². The lowest BCUT2D eigenvalue weighted by Gasteiger charge is -2.26. The van der Waals surface area contributed by atoms with E-state index >= 15 is 0 Å². The van der Waals surface area contributed by atoms with Crippen LogP contribution in [-0.2, 0) is 16.8 Å². The fraction of sp³-hybridized carbons (Fsp3) is 0.286. The molecule has 5 heteroatoms. The fourth-order valence-corrected chi connectivity index (χ4v) is 2.39. The Hall–Kier alpha value is -2.48. The highest BCUT2D eigenvalue weighted by Gasteiger charge is 2.46. The lowest BCUT2D eigenvalue weighted by molar-refractivity contribution is -0.144. The van der Waals surface area contributed by atoms with Gasteiger partial charge in [-0.1, -0.05) is 30.2 Å². The zero-order chi connectivity index (χ0) is 13.9. The summed E-state index contributed by atoms with van der Waals surface area (Å²) in [5.41, 5.74) is 0.218. The molecule has 0 bridgehead atoms. The Labute approximate surface area is 111 Å². The van der Waals surface area contributed by atoms with E-state index in [1.54, 1.807) is 12.1 Å². The van der Waals surface area contributed by atoms with E-state index in [4.69, 9.17) is 6.42 Å². The van der Waals surface area contributed by atoms with E-state index in [2.05, 4.69) is 16.6 Å². The molecule has 2 rings (SSSR count). The third-order valence-corrected chi connectivity index (χ3v) is 3.29. The summed E-state index contributed by atoms with van der Waals surface area (Å²) in [6.07, 6.45) is 6.01. The van der Waals surface area contributed by atoms with Gasteiger partial charge in [-0.25, -0.2) is 9.59 Å². The van der Waals surface area contributed by atoms with Crippen molar-refractivity contribution in [3.05, 3.63) is 35.4 Å². The average Bonchev–Trinajstić information content (AvgIpc) is 2.77. The average molecular weight is 258 g/mol. The molecule has 5 nitrogen and oxygen atoms in total. The van der Waals surface area contributed by atoms with E-state index in [1.807, 2.05) is 12.1 Å². The third-order valence-electron chi connectivity index (χ3n) is 3.29. The maximum absolute atomic E-state index is 11.7. The molecule has 0 saturated carbocycles. The number of nitrogens with one attached hydrogen (secondary N) is 2. The monoisotopic (exact) mass is 258 g/mol. The molecule has 2 amide bonds. The van der Waals surface area contributed by atoms with Gasteiger partial charge < -0.3 is 15.7 Å². The van der Waals surface area contributed by atoms with Gasteiger partial charge in [-0.05, 0) is 24.0 Å². The van der Waals surface area contributed by atoms with Gasteiger partial charge in [0.2, 0.25) is 0 Å². The normalized spacial score (nSPS) is 20.2. The van der Waals surface area contributed by atoms with Gasteiger partial charge in [0.05, 0.1) is 6.54 Å². The minimum absolute atomic E-state index is 0.0587. The molecule has 0 unspecified atom stereocenters. The first kappa shape index (κ1) is 13.0. The van der Waals surface area contributed by atoms with Gasteiger partial charge in [-0.2, -0.15) is 0 Å². The molecule has 0 aliphatic heterocycles. The van der Waals surface area contributed by atoms with Crippen LogP contribution in [-0.4, -0.2) is 23.7 Å². The van der Waals surface area contributed by atoms with Crippen LogP contribution in [0.2, 0.25) is 0 Å². The Morgan fingerprint density at radius 1 is 1.42 bits per heavy atom. The SMILES string of the molecule is C#CCNC(=O)N[C@]1(C(=O)O)CCc2ccccc21. The first-order chi connectivity index (χ1) is 9.10. The number of hydrogen-bond acceptors (Lipinski definition) is 2. The van der Waals surface area contributed by atoms with Gasteiger partial charge in [0, 0.05) is 0 Å². The number of terminal acetylenes is 1. The zero-order valence-corrected chi connectivity index (χ0v) is 10.3. The predicted molar refractivity (Wildman–Crippen MR) is 69.4 cm³/mol. The van der Waals surface area contributed by atoms with Crippen LogP contribution in [0.4, 0.5) is 4.79 Å². The van der Waals surface area contributed by atoms with Crippen LogP contribution in [0, 0.1) is 12.3 Å². The molecule has 1 aliphatic carbocycles.